The zero-order valence-corrected chi connectivity index (χ0v) is 12.5. The van der Waals surface area contributed by atoms with Crippen molar-refractivity contribution in [3.63, 3.8) is 0 Å². The van der Waals surface area contributed by atoms with Crippen LogP contribution in [0.4, 0.5) is 15.6 Å². The summed E-state index contributed by atoms with van der Waals surface area (Å²) in [5.41, 5.74) is 0.349. The molecular weight excluding hydrogens is 316 g/mol. The summed E-state index contributed by atoms with van der Waals surface area (Å²) in [6.07, 6.45) is 0.740. The minimum atomic E-state index is -1.09. The fourth-order valence-electron chi connectivity index (χ4n) is 1.45. The fraction of sp³-hybridized carbons (Fsp3) is 0.167. The van der Waals surface area contributed by atoms with Gasteiger partial charge in [-0.1, -0.05) is 29.9 Å². The van der Waals surface area contributed by atoms with Gasteiger partial charge in [0.1, 0.15) is 5.01 Å². The summed E-state index contributed by atoms with van der Waals surface area (Å²) >= 11 is 7.19. The molecule has 1 heterocycles. The number of amides is 2. The smallest absolute Gasteiger partial charge is 0.335 e. The first-order valence-electron chi connectivity index (χ1n) is 5.92. The van der Waals surface area contributed by atoms with E-state index in [-0.39, 0.29) is 10.6 Å². The summed E-state index contributed by atoms with van der Waals surface area (Å²) in [7, 11) is 0. The van der Waals surface area contributed by atoms with E-state index in [0.29, 0.717) is 10.8 Å². The van der Waals surface area contributed by atoms with Gasteiger partial charge in [-0.2, -0.15) is 0 Å². The molecule has 0 fully saturated rings. The SMILES string of the molecule is CCc1nnc(NC(=O)Nc2ccc(C(=O)O)cc2Cl)s1. The van der Waals surface area contributed by atoms with Crippen molar-refractivity contribution in [1.29, 1.82) is 0 Å². The molecule has 0 unspecified atom stereocenters. The van der Waals surface area contributed by atoms with E-state index >= 15 is 0 Å². The molecule has 21 heavy (non-hydrogen) atoms. The van der Waals surface area contributed by atoms with Crippen LogP contribution in [0.2, 0.25) is 5.02 Å². The van der Waals surface area contributed by atoms with E-state index in [4.69, 9.17) is 16.7 Å². The highest BCUT2D eigenvalue weighted by molar-refractivity contribution is 7.15. The van der Waals surface area contributed by atoms with Crippen LogP contribution in [-0.4, -0.2) is 27.3 Å². The molecule has 9 heteroatoms. The highest BCUT2D eigenvalue weighted by Gasteiger charge is 2.11. The Balaban J connectivity index is 2.04. The number of carboxylic acid groups (broad SMARTS) is 1. The molecule has 2 aromatic rings. The van der Waals surface area contributed by atoms with Crippen LogP contribution in [0.3, 0.4) is 0 Å². The molecule has 0 radical (unpaired) electrons. The summed E-state index contributed by atoms with van der Waals surface area (Å²) in [5.74, 6) is -1.09. The van der Waals surface area contributed by atoms with Gasteiger partial charge in [0.15, 0.2) is 0 Å². The lowest BCUT2D eigenvalue weighted by atomic mass is 10.2. The van der Waals surface area contributed by atoms with E-state index in [2.05, 4.69) is 20.8 Å². The third kappa shape index (κ3) is 3.89. The van der Waals surface area contributed by atoms with Gasteiger partial charge in [-0.25, -0.2) is 9.59 Å². The summed E-state index contributed by atoms with van der Waals surface area (Å²) in [6.45, 7) is 1.94. The predicted molar refractivity (Wildman–Crippen MR) is 80.3 cm³/mol. The minimum absolute atomic E-state index is 0.0441. The second kappa shape index (κ2) is 6.51. The molecule has 0 aliphatic carbocycles. The second-order valence-electron chi connectivity index (χ2n) is 3.93. The van der Waals surface area contributed by atoms with Crippen molar-refractivity contribution in [2.24, 2.45) is 0 Å². The van der Waals surface area contributed by atoms with Crippen LogP contribution in [-0.2, 0) is 6.42 Å². The standard InChI is InChI=1S/C12H11ClN4O3S/c1-2-9-16-17-12(21-9)15-11(20)14-8-4-3-6(10(18)19)5-7(8)13/h3-5H,2H2,1H3,(H,18,19)(H2,14,15,17,20). The number of carboxylic acids is 1. The first-order valence-corrected chi connectivity index (χ1v) is 7.12. The molecule has 0 saturated carbocycles. The zero-order chi connectivity index (χ0) is 15.4. The highest BCUT2D eigenvalue weighted by Crippen LogP contribution is 2.23. The molecule has 0 saturated heterocycles. The van der Waals surface area contributed by atoms with E-state index in [1.165, 1.54) is 29.5 Å². The number of rotatable bonds is 4. The van der Waals surface area contributed by atoms with E-state index in [9.17, 15) is 9.59 Å². The number of carbonyl (C=O) groups is 2. The number of aromatic carboxylic acids is 1. The summed E-state index contributed by atoms with van der Waals surface area (Å²) in [6, 6.07) is 3.51. The molecule has 2 amide bonds. The molecule has 2 rings (SSSR count). The summed E-state index contributed by atoms with van der Waals surface area (Å²) in [4.78, 5) is 22.6. The first kappa shape index (κ1) is 15.2. The fourth-order valence-corrected chi connectivity index (χ4v) is 2.35. The van der Waals surface area contributed by atoms with Crippen molar-refractivity contribution in [3.8, 4) is 0 Å². The average molecular weight is 327 g/mol. The van der Waals surface area contributed by atoms with Gasteiger partial charge in [0, 0.05) is 0 Å². The van der Waals surface area contributed by atoms with Gasteiger partial charge in [0.25, 0.3) is 0 Å². The van der Waals surface area contributed by atoms with Crippen LogP contribution in [0.15, 0.2) is 18.2 Å². The molecule has 1 aromatic carbocycles. The average Bonchev–Trinajstić information content (AvgIpc) is 2.88. The van der Waals surface area contributed by atoms with Gasteiger partial charge in [0.05, 0.1) is 16.3 Å². The number of urea groups is 1. The van der Waals surface area contributed by atoms with Gasteiger partial charge >= 0.3 is 12.0 Å². The van der Waals surface area contributed by atoms with Crippen LogP contribution < -0.4 is 10.6 Å². The number of benzene rings is 1. The van der Waals surface area contributed by atoms with Gasteiger partial charge in [0.2, 0.25) is 5.13 Å². The van der Waals surface area contributed by atoms with Crippen molar-refractivity contribution in [3.05, 3.63) is 33.8 Å². The van der Waals surface area contributed by atoms with E-state index in [1.807, 2.05) is 6.92 Å². The topological polar surface area (TPSA) is 104 Å². The monoisotopic (exact) mass is 326 g/mol. The van der Waals surface area contributed by atoms with Gasteiger partial charge < -0.3 is 10.4 Å². The Morgan fingerprint density at radius 2 is 2.10 bits per heavy atom. The molecule has 7 nitrogen and oxygen atoms in total. The van der Waals surface area contributed by atoms with Gasteiger partial charge in [-0.3, -0.25) is 5.32 Å². The van der Waals surface area contributed by atoms with Crippen molar-refractivity contribution < 1.29 is 14.7 Å². The number of nitrogens with one attached hydrogen (secondary N) is 2. The van der Waals surface area contributed by atoms with Crippen molar-refractivity contribution >= 4 is 45.8 Å². The lowest BCUT2D eigenvalue weighted by Gasteiger charge is -2.07. The molecular formula is C12H11ClN4O3S. The maximum atomic E-state index is 11.8. The van der Waals surface area contributed by atoms with Crippen molar-refractivity contribution in [2.45, 2.75) is 13.3 Å². The lowest BCUT2D eigenvalue weighted by molar-refractivity contribution is 0.0697. The van der Waals surface area contributed by atoms with Crippen molar-refractivity contribution in [1.82, 2.24) is 10.2 Å². The maximum absolute atomic E-state index is 11.8. The number of halogens is 1. The van der Waals surface area contributed by atoms with Crippen LogP contribution >= 0.6 is 22.9 Å². The third-order valence-electron chi connectivity index (χ3n) is 2.45. The molecule has 1 aromatic heterocycles. The molecule has 110 valence electrons. The van der Waals surface area contributed by atoms with Crippen LogP contribution in [0.5, 0.6) is 0 Å². The molecule has 0 atom stereocenters. The normalized spacial score (nSPS) is 10.2. The Morgan fingerprint density at radius 1 is 1.33 bits per heavy atom. The Kier molecular flexibility index (Phi) is 4.71. The molecule has 0 bridgehead atoms. The highest BCUT2D eigenvalue weighted by atomic mass is 35.5. The number of nitrogens with zero attached hydrogens (tertiary/aromatic N) is 2. The van der Waals surface area contributed by atoms with Crippen LogP contribution in [0.1, 0.15) is 22.3 Å². The number of carbonyl (C=O) groups excluding carboxylic acids is 1. The second-order valence-corrected chi connectivity index (χ2v) is 5.40. The largest absolute Gasteiger partial charge is 0.478 e. The number of hydrogen-bond acceptors (Lipinski definition) is 5. The molecule has 0 aliphatic rings. The number of anilines is 2. The quantitative estimate of drug-likeness (QED) is 0.800. The Morgan fingerprint density at radius 3 is 2.67 bits per heavy atom. The third-order valence-corrected chi connectivity index (χ3v) is 3.75. The van der Waals surface area contributed by atoms with Gasteiger partial charge in [-0.05, 0) is 24.6 Å². The molecule has 3 N–H and O–H groups in total. The summed E-state index contributed by atoms with van der Waals surface area (Å²) < 4.78 is 0. The lowest BCUT2D eigenvalue weighted by Crippen LogP contribution is -2.19. The van der Waals surface area contributed by atoms with E-state index < -0.39 is 12.0 Å². The molecule has 0 aliphatic heterocycles. The van der Waals surface area contributed by atoms with Crippen LogP contribution in [0, 0.1) is 0 Å². The number of hydrogen-bond donors (Lipinski definition) is 3. The number of aryl methyl sites for hydroxylation is 1. The van der Waals surface area contributed by atoms with Crippen LogP contribution in [0.25, 0.3) is 0 Å². The Labute approximate surface area is 129 Å². The van der Waals surface area contributed by atoms with Crippen molar-refractivity contribution in [2.75, 3.05) is 10.6 Å². The van der Waals surface area contributed by atoms with Gasteiger partial charge in [-0.15, -0.1) is 10.2 Å². The minimum Gasteiger partial charge on any atom is -0.478 e. The first-order chi connectivity index (χ1) is 9.99. The number of aromatic nitrogens is 2. The Hall–Kier alpha value is -2.19. The predicted octanol–water partition coefficient (Wildman–Crippen LogP) is 3.10. The van der Waals surface area contributed by atoms with E-state index in [0.717, 1.165) is 11.4 Å². The molecule has 0 spiro atoms. The maximum Gasteiger partial charge on any atom is 0.335 e. The Bertz CT molecular complexity index is 689. The zero-order valence-electron chi connectivity index (χ0n) is 10.9. The summed E-state index contributed by atoms with van der Waals surface area (Å²) in [5, 5.41) is 22.9. The van der Waals surface area contributed by atoms with E-state index in [1.54, 1.807) is 0 Å².